The second kappa shape index (κ2) is 5.83. The van der Waals surface area contributed by atoms with E-state index in [0.29, 0.717) is 11.3 Å². The third-order valence-corrected chi connectivity index (χ3v) is 3.78. The summed E-state index contributed by atoms with van der Waals surface area (Å²) in [5.74, 6) is -1.92. The van der Waals surface area contributed by atoms with E-state index in [1.165, 1.54) is 13.0 Å². The van der Waals surface area contributed by atoms with Gasteiger partial charge in [0.2, 0.25) is 10.0 Å². The molecule has 1 aromatic carbocycles. The van der Waals surface area contributed by atoms with Gasteiger partial charge in [-0.25, -0.2) is 8.42 Å². The molecule has 0 heterocycles. The van der Waals surface area contributed by atoms with Crippen LogP contribution >= 0.6 is 0 Å². The van der Waals surface area contributed by atoms with Crippen molar-refractivity contribution in [1.29, 1.82) is 0 Å². The maximum atomic E-state index is 11.4. The van der Waals surface area contributed by atoms with Gasteiger partial charge in [0.1, 0.15) is 0 Å². The zero-order valence-corrected chi connectivity index (χ0v) is 10.8. The standard InChI is InChI=1S/C11H16N2O4S/c1-2-18(16,17)13-9-5-3-4-8(6-9)10(7-12)11(14)15/h3-6,10,13H,2,7,12H2,1H3,(H,14,15). The zero-order chi connectivity index (χ0) is 13.8. The Hall–Kier alpha value is -1.60. The molecular weight excluding hydrogens is 256 g/mol. The molecule has 0 fully saturated rings. The molecule has 0 aromatic heterocycles. The van der Waals surface area contributed by atoms with Gasteiger partial charge in [0.15, 0.2) is 0 Å². The van der Waals surface area contributed by atoms with Gasteiger partial charge in [0.25, 0.3) is 0 Å². The van der Waals surface area contributed by atoms with Gasteiger partial charge in [0, 0.05) is 12.2 Å². The van der Waals surface area contributed by atoms with E-state index in [1.807, 2.05) is 0 Å². The van der Waals surface area contributed by atoms with Crippen LogP contribution < -0.4 is 10.5 Å². The Labute approximate surface area is 106 Å². The van der Waals surface area contributed by atoms with Gasteiger partial charge < -0.3 is 10.8 Å². The van der Waals surface area contributed by atoms with Crippen LogP contribution in [-0.4, -0.2) is 31.8 Å². The first kappa shape index (κ1) is 14.5. The summed E-state index contributed by atoms with van der Waals surface area (Å²) in [5.41, 5.74) is 6.20. The predicted octanol–water partition coefficient (Wildman–Crippen LogP) is 0.575. The molecular formula is C11H16N2O4S. The first-order valence-corrected chi connectivity index (χ1v) is 7.08. The number of nitrogens with two attached hydrogens (primary N) is 1. The van der Waals surface area contributed by atoms with Crippen LogP contribution in [0.4, 0.5) is 5.69 Å². The first-order chi connectivity index (χ1) is 8.39. The molecule has 0 aliphatic heterocycles. The van der Waals surface area contributed by atoms with Crippen molar-refractivity contribution in [3.8, 4) is 0 Å². The first-order valence-electron chi connectivity index (χ1n) is 5.43. The number of hydrogen-bond acceptors (Lipinski definition) is 4. The number of benzene rings is 1. The second-order valence-corrected chi connectivity index (χ2v) is 5.77. The Morgan fingerprint density at radius 3 is 2.67 bits per heavy atom. The molecule has 0 radical (unpaired) electrons. The molecule has 1 rings (SSSR count). The van der Waals surface area contributed by atoms with Crippen LogP contribution in [0.5, 0.6) is 0 Å². The Balaban J connectivity index is 3.02. The molecule has 0 amide bonds. The molecule has 1 aromatic rings. The molecule has 18 heavy (non-hydrogen) atoms. The number of carboxylic acids is 1. The summed E-state index contributed by atoms with van der Waals surface area (Å²) in [6.45, 7) is 1.48. The Bertz CT molecular complexity index is 528. The highest BCUT2D eigenvalue weighted by atomic mass is 32.2. The van der Waals surface area contributed by atoms with E-state index >= 15 is 0 Å². The number of nitrogens with one attached hydrogen (secondary N) is 1. The molecule has 0 bridgehead atoms. The van der Waals surface area contributed by atoms with Gasteiger partial charge in [-0.2, -0.15) is 0 Å². The van der Waals surface area contributed by atoms with Gasteiger partial charge in [-0.1, -0.05) is 12.1 Å². The summed E-state index contributed by atoms with van der Waals surface area (Å²) >= 11 is 0. The minimum Gasteiger partial charge on any atom is -0.481 e. The normalized spacial score (nSPS) is 13.0. The van der Waals surface area contributed by atoms with E-state index in [-0.39, 0.29) is 12.3 Å². The summed E-state index contributed by atoms with van der Waals surface area (Å²) in [7, 11) is -3.37. The van der Waals surface area contributed by atoms with Crippen LogP contribution in [0.15, 0.2) is 24.3 Å². The number of rotatable bonds is 6. The quantitative estimate of drug-likeness (QED) is 0.701. The maximum Gasteiger partial charge on any atom is 0.312 e. The lowest BCUT2D eigenvalue weighted by Crippen LogP contribution is -2.21. The maximum absolute atomic E-state index is 11.4. The van der Waals surface area contributed by atoms with E-state index < -0.39 is 21.9 Å². The van der Waals surface area contributed by atoms with Crippen molar-refractivity contribution < 1.29 is 18.3 Å². The molecule has 0 spiro atoms. The van der Waals surface area contributed by atoms with E-state index in [1.54, 1.807) is 18.2 Å². The SMILES string of the molecule is CCS(=O)(=O)Nc1cccc(C(CN)C(=O)O)c1. The average Bonchev–Trinajstić information content (AvgIpc) is 2.29. The number of sulfonamides is 1. The molecule has 100 valence electrons. The van der Waals surface area contributed by atoms with Crippen LogP contribution in [0.3, 0.4) is 0 Å². The summed E-state index contributed by atoms with van der Waals surface area (Å²) < 4.78 is 25.2. The van der Waals surface area contributed by atoms with E-state index in [9.17, 15) is 13.2 Å². The Kier molecular flexibility index (Phi) is 4.69. The van der Waals surface area contributed by atoms with Crippen LogP contribution in [0.25, 0.3) is 0 Å². The molecule has 1 atom stereocenters. The highest BCUT2D eigenvalue weighted by Gasteiger charge is 2.18. The lowest BCUT2D eigenvalue weighted by atomic mass is 9.99. The molecule has 0 aliphatic carbocycles. The molecule has 1 unspecified atom stereocenters. The minimum absolute atomic E-state index is 0.0423. The summed E-state index contributed by atoms with van der Waals surface area (Å²) in [6, 6.07) is 6.24. The van der Waals surface area contributed by atoms with Gasteiger partial charge in [-0.3, -0.25) is 9.52 Å². The Morgan fingerprint density at radius 1 is 1.50 bits per heavy atom. The lowest BCUT2D eigenvalue weighted by Gasteiger charge is -2.12. The molecule has 0 saturated heterocycles. The zero-order valence-electron chi connectivity index (χ0n) is 9.96. The molecule has 7 heteroatoms. The van der Waals surface area contributed by atoms with Crippen molar-refractivity contribution in [3.63, 3.8) is 0 Å². The monoisotopic (exact) mass is 272 g/mol. The number of carbonyl (C=O) groups is 1. The van der Waals surface area contributed by atoms with Gasteiger partial charge in [-0.05, 0) is 24.6 Å². The van der Waals surface area contributed by atoms with Crippen LogP contribution in [-0.2, 0) is 14.8 Å². The summed E-state index contributed by atoms with van der Waals surface area (Å²) in [4.78, 5) is 11.0. The third kappa shape index (κ3) is 3.71. The smallest absolute Gasteiger partial charge is 0.312 e. The van der Waals surface area contributed by atoms with Crippen LogP contribution in [0.2, 0.25) is 0 Å². The number of anilines is 1. The van der Waals surface area contributed by atoms with Crippen molar-refractivity contribution in [2.45, 2.75) is 12.8 Å². The van der Waals surface area contributed by atoms with Crippen molar-refractivity contribution in [3.05, 3.63) is 29.8 Å². The van der Waals surface area contributed by atoms with Crippen molar-refractivity contribution in [1.82, 2.24) is 0 Å². The number of aliphatic carboxylic acids is 1. The van der Waals surface area contributed by atoms with E-state index in [4.69, 9.17) is 10.8 Å². The highest BCUT2D eigenvalue weighted by molar-refractivity contribution is 7.92. The fraction of sp³-hybridized carbons (Fsp3) is 0.364. The van der Waals surface area contributed by atoms with E-state index in [0.717, 1.165) is 0 Å². The van der Waals surface area contributed by atoms with Crippen molar-refractivity contribution in [2.75, 3.05) is 17.0 Å². The second-order valence-electron chi connectivity index (χ2n) is 3.76. The fourth-order valence-electron chi connectivity index (χ4n) is 1.45. The minimum atomic E-state index is -3.37. The van der Waals surface area contributed by atoms with E-state index in [2.05, 4.69) is 4.72 Å². The third-order valence-electron chi connectivity index (χ3n) is 2.48. The van der Waals surface area contributed by atoms with Gasteiger partial charge in [0.05, 0.1) is 11.7 Å². The molecule has 6 nitrogen and oxygen atoms in total. The van der Waals surface area contributed by atoms with Gasteiger partial charge in [-0.15, -0.1) is 0 Å². The van der Waals surface area contributed by atoms with Crippen molar-refractivity contribution in [2.24, 2.45) is 5.73 Å². The number of carboxylic acid groups (broad SMARTS) is 1. The molecule has 0 saturated carbocycles. The average molecular weight is 272 g/mol. The summed E-state index contributed by atoms with van der Waals surface area (Å²) in [5, 5.41) is 8.98. The molecule has 4 N–H and O–H groups in total. The van der Waals surface area contributed by atoms with Crippen LogP contribution in [0, 0.1) is 0 Å². The molecule has 0 aliphatic rings. The van der Waals surface area contributed by atoms with Crippen LogP contribution in [0.1, 0.15) is 18.4 Å². The topological polar surface area (TPSA) is 109 Å². The fourth-order valence-corrected chi connectivity index (χ4v) is 2.08. The number of hydrogen-bond donors (Lipinski definition) is 3. The highest BCUT2D eigenvalue weighted by Crippen LogP contribution is 2.20. The van der Waals surface area contributed by atoms with Gasteiger partial charge >= 0.3 is 5.97 Å². The lowest BCUT2D eigenvalue weighted by molar-refractivity contribution is -0.138. The summed E-state index contributed by atoms with van der Waals surface area (Å²) in [6.07, 6.45) is 0. The largest absolute Gasteiger partial charge is 0.481 e. The Morgan fingerprint density at radius 2 is 2.17 bits per heavy atom. The predicted molar refractivity (Wildman–Crippen MR) is 69.0 cm³/mol. The van der Waals surface area contributed by atoms with Crippen molar-refractivity contribution >= 4 is 21.7 Å².